The smallest absolute Gasteiger partial charge is 0.311 e. The first-order chi connectivity index (χ1) is 8.99. The van der Waals surface area contributed by atoms with Gasteiger partial charge in [0.1, 0.15) is 5.82 Å². The Labute approximate surface area is 112 Å². The Hall–Kier alpha value is -1.89. The fourth-order valence-corrected chi connectivity index (χ4v) is 1.60. The van der Waals surface area contributed by atoms with Crippen molar-refractivity contribution in [3.63, 3.8) is 0 Å². The molecule has 1 atom stereocenters. The summed E-state index contributed by atoms with van der Waals surface area (Å²) in [4.78, 5) is 14.8. The predicted molar refractivity (Wildman–Crippen MR) is 74.6 cm³/mol. The van der Waals surface area contributed by atoms with E-state index >= 15 is 0 Å². The van der Waals surface area contributed by atoms with Gasteiger partial charge in [0.15, 0.2) is 0 Å². The zero-order valence-electron chi connectivity index (χ0n) is 11.6. The van der Waals surface area contributed by atoms with Crippen LogP contribution in [0.1, 0.15) is 13.8 Å². The van der Waals surface area contributed by atoms with Gasteiger partial charge >= 0.3 is 5.69 Å². The average molecular weight is 268 g/mol. The number of methoxy groups -OCH3 is 1. The minimum atomic E-state index is -0.445. The van der Waals surface area contributed by atoms with Crippen molar-refractivity contribution < 1.29 is 9.66 Å². The summed E-state index contributed by atoms with van der Waals surface area (Å²) in [5.74, 6) is 1.10. The summed E-state index contributed by atoms with van der Waals surface area (Å²) in [7, 11) is 3.32. The highest BCUT2D eigenvalue weighted by molar-refractivity contribution is 5.60. The zero-order chi connectivity index (χ0) is 14.4. The number of nitro groups is 1. The van der Waals surface area contributed by atoms with Crippen LogP contribution in [0, 0.1) is 16.0 Å². The van der Waals surface area contributed by atoms with Crippen molar-refractivity contribution in [2.24, 2.45) is 5.92 Å². The van der Waals surface area contributed by atoms with Crippen LogP contribution in [-0.4, -0.2) is 36.7 Å². The number of rotatable bonds is 7. The van der Waals surface area contributed by atoms with Gasteiger partial charge in [-0.3, -0.25) is 10.1 Å². The summed E-state index contributed by atoms with van der Waals surface area (Å²) in [6.07, 6.45) is 0. The second-order valence-corrected chi connectivity index (χ2v) is 4.52. The van der Waals surface area contributed by atoms with Crippen LogP contribution in [0.2, 0.25) is 0 Å². The van der Waals surface area contributed by atoms with E-state index in [4.69, 9.17) is 4.74 Å². The molecule has 106 valence electrons. The van der Waals surface area contributed by atoms with E-state index in [2.05, 4.69) is 15.6 Å². The van der Waals surface area contributed by atoms with Gasteiger partial charge in [0.25, 0.3) is 0 Å². The molecule has 0 saturated heterocycles. The molecule has 0 amide bonds. The maximum atomic E-state index is 11.0. The van der Waals surface area contributed by atoms with Gasteiger partial charge in [0.05, 0.1) is 17.6 Å². The van der Waals surface area contributed by atoms with Gasteiger partial charge in [-0.05, 0) is 12.0 Å². The normalized spacial score (nSPS) is 12.3. The lowest BCUT2D eigenvalue weighted by Crippen LogP contribution is -2.31. The van der Waals surface area contributed by atoms with Gasteiger partial charge in [-0.15, -0.1) is 0 Å². The van der Waals surface area contributed by atoms with Gasteiger partial charge < -0.3 is 15.4 Å². The molecule has 0 aromatic carbocycles. The number of hydrogen-bond donors (Lipinski definition) is 2. The molecule has 1 heterocycles. The quantitative estimate of drug-likeness (QED) is 0.581. The first-order valence-electron chi connectivity index (χ1n) is 6.08. The number of aromatic nitrogens is 1. The molecule has 0 saturated carbocycles. The third kappa shape index (κ3) is 4.06. The molecule has 7 heteroatoms. The highest BCUT2D eigenvalue weighted by Crippen LogP contribution is 2.25. The zero-order valence-corrected chi connectivity index (χ0v) is 11.6. The van der Waals surface area contributed by atoms with Crippen molar-refractivity contribution in [1.82, 2.24) is 4.98 Å². The van der Waals surface area contributed by atoms with Gasteiger partial charge in [0, 0.05) is 20.2 Å². The summed E-state index contributed by atoms with van der Waals surface area (Å²) >= 11 is 0. The van der Waals surface area contributed by atoms with Gasteiger partial charge in [-0.2, -0.15) is 0 Å². The molecule has 2 N–H and O–H groups in total. The highest BCUT2D eigenvalue weighted by atomic mass is 16.6. The second-order valence-electron chi connectivity index (χ2n) is 4.52. The Kier molecular flexibility index (Phi) is 5.50. The first kappa shape index (κ1) is 15.2. The van der Waals surface area contributed by atoms with Gasteiger partial charge in [0.2, 0.25) is 5.82 Å². The molecule has 1 rings (SSSR count). The topological polar surface area (TPSA) is 89.3 Å². The summed E-state index contributed by atoms with van der Waals surface area (Å²) in [6, 6.07) is 2.97. The Morgan fingerprint density at radius 1 is 1.47 bits per heavy atom. The van der Waals surface area contributed by atoms with Crippen LogP contribution in [0.3, 0.4) is 0 Å². The molecule has 1 unspecified atom stereocenters. The molecule has 1 aromatic rings. The van der Waals surface area contributed by atoms with Crippen molar-refractivity contribution in [3.05, 3.63) is 22.2 Å². The standard InChI is InChI=1S/C12H20N4O3/c1-8(2)9(7-19-4)14-12-10(16(17)18)5-6-11(13-3)15-12/h5-6,8-9H,7H2,1-4H3,(H2,13,14,15). The van der Waals surface area contributed by atoms with Crippen molar-refractivity contribution >= 4 is 17.3 Å². The maximum Gasteiger partial charge on any atom is 0.311 e. The van der Waals surface area contributed by atoms with Crippen LogP contribution in [0.25, 0.3) is 0 Å². The van der Waals surface area contributed by atoms with E-state index in [1.165, 1.54) is 6.07 Å². The molecule has 0 spiro atoms. The molecular formula is C12H20N4O3. The molecule has 0 fully saturated rings. The molecule has 1 aromatic heterocycles. The fraction of sp³-hybridized carbons (Fsp3) is 0.583. The summed E-state index contributed by atoms with van der Waals surface area (Å²) < 4.78 is 5.12. The molecule has 7 nitrogen and oxygen atoms in total. The molecule has 0 aliphatic heterocycles. The Bertz CT molecular complexity index is 437. The van der Waals surface area contributed by atoms with Crippen molar-refractivity contribution in [2.75, 3.05) is 31.4 Å². The van der Waals surface area contributed by atoms with Crippen LogP contribution in [0.5, 0.6) is 0 Å². The van der Waals surface area contributed by atoms with Crippen molar-refractivity contribution in [1.29, 1.82) is 0 Å². The Morgan fingerprint density at radius 3 is 2.63 bits per heavy atom. The monoisotopic (exact) mass is 268 g/mol. The minimum absolute atomic E-state index is 0.0386. The van der Waals surface area contributed by atoms with E-state index in [-0.39, 0.29) is 23.5 Å². The van der Waals surface area contributed by atoms with Crippen LogP contribution in [0.15, 0.2) is 12.1 Å². The Morgan fingerprint density at radius 2 is 2.16 bits per heavy atom. The molecule has 0 aliphatic rings. The fourth-order valence-electron chi connectivity index (χ4n) is 1.60. The number of nitrogens with zero attached hydrogens (tertiary/aromatic N) is 2. The Balaban J connectivity index is 3.04. The second kappa shape index (κ2) is 6.89. The predicted octanol–water partition coefficient (Wildman–Crippen LogP) is 2.11. The van der Waals surface area contributed by atoms with Crippen LogP contribution in [-0.2, 0) is 4.74 Å². The van der Waals surface area contributed by atoms with Gasteiger partial charge in [-0.1, -0.05) is 13.8 Å². The summed E-state index contributed by atoms with van der Waals surface area (Å²) in [5.41, 5.74) is -0.0410. The number of anilines is 2. The van der Waals surface area contributed by atoms with E-state index in [1.54, 1.807) is 20.2 Å². The first-order valence-corrected chi connectivity index (χ1v) is 6.08. The summed E-state index contributed by atoms with van der Waals surface area (Å²) in [6.45, 7) is 4.50. The van der Waals surface area contributed by atoms with E-state index in [0.29, 0.717) is 12.4 Å². The number of nitrogens with one attached hydrogen (secondary N) is 2. The number of ether oxygens (including phenoxy) is 1. The van der Waals surface area contributed by atoms with Crippen LogP contribution in [0.4, 0.5) is 17.3 Å². The number of pyridine rings is 1. The maximum absolute atomic E-state index is 11.0. The lowest BCUT2D eigenvalue weighted by atomic mass is 10.1. The molecule has 19 heavy (non-hydrogen) atoms. The molecule has 0 aliphatic carbocycles. The SMILES string of the molecule is CNc1ccc([N+](=O)[O-])c(NC(COC)C(C)C)n1. The van der Waals surface area contributed by atoms with E-state index < -0.39 is 4.92 Å². The summed E-state index contributed by atoms with van der Waals surface area (Å²) in [5, 5.41) is 17.0. The highest BCUT2D eigenvalue weighted by Gasteiger charge is 2.21. The van der Waals surface area contributed by atoms with E-state index in [1.807, 2.05) is 13.8 Å². The van der Waals surface area contributed by atoms with E-state index in [0.717, 1.165) is 0 Å². The molecule has 0 bridgehead atoms. The van der Waals surface area contributed by atoms with Gasteiger partial charge in [-0.25, -0.2) is 4.98 Å². The third-order valence-electron chi connectivity index (χ3n) is 2.80. The molecular weight excluding hydrogens is 248 g/mol. The van der Waals surface area contributed by atoms with Crippen molar-refractivity contribution in [2.45, 2.75) is 19.9 Å². The largest absolute Gasteiger partial charge is 0.383 e. The third-order valence-corrected chi connectivity index (χ3v) is 2.80. The molecule has 0 radical (unpaired) electrons. The lowest BCUT2D eigenvalue weighted by molar-refractivity contribution is -0.384. The van der Waals surface area contributed by atoms with Crippen molar-refractivity contribution in [3.8, 4) is 0 Å². The average Bonchev–Trinajstić information content (AvgIpc) is 2.37. The number of hydrogen-bond acceptors (Lipinski definition) is 6. The lowest BCUT2D eigenvalue weighted by Gasteiger charge is -2.22. The van der Waals surface area contributed by atoms with E-state index in [9.17, 15) is 10.1 Å². The van der Waals surface area contributed by atoms with Crippen LogP contribution >= 0.6 is 0 Å². The minimum Gasteiger partial charge on any atom is -0.383 e. The van der Waals surface area contributed by atoms with Crippen LogP contribution < -0.4 is 10.6 Å².